The Balaban J connectivity index is 1.75. The number of rotatable bonds is 9. The number of carbonyl (C=O) groups excluding carboxylic acids is 2. The molecule has 2 amide bonds. The molecule has 6 nitrogen and oxygen atoms in total. The second kappa shape index (κ2) is 11.6. The van der Waals surface area contributed by atoms with Gasteiger partial charge in [-0.05, 0) is 60.2 Å². The first-order chi connectivity index (χ1) is 17.0. The van der Waals surface area contributed by atoms with E-state index in [1.54, 1.807) is 53.7 Å². The number of ether oxygens (including phenoxy) is 2. The Hall–Kier alpha value is -3.03. The van der Waals surface area contributed by atoms with E-state index in [-0.39, 0.29) is 24.4 Å². The fourth-order valence-electron chi connectivity index (χ4n) is 4.45. The second-order valence-electron chi connectivity index (χ2n) is 8.53. The molecule has 4 rings (SSSR count). The van der Waals surface area contributed by atoms with E-state index in [9.17, 15) is 9.59 Å². The van der Waals surface area contributed by atoms with Crippen molar-refractivity contribution in [1.82, 2.24) is 10.2 Å². The van der Waals surface area contributed by atoms with E-state index in [0.717, 1.165) is 30.6 Å². The SMILES string of the molecule is COc1ccc(C(=O)N(Cc2cccs2)[C@@H](C(=O)NC2CCCC2)c2ccc(Cl)cc2)cc1OC. The first-order valence-corrected chi connectivity index (χ1v) is 12.9. The maximum atomic E-state index is 14.0. The highest BCUT2D eigenvalue weighted by Crippen LogP contribution is 2.32. The molecule has 0 unspecified atom stereocenters. The van der Waals surface area contributed by atoms with Crippen molar-refractivity contribution in [3.05, 3.63) is 81.0 Å². The zero-order valence-electron chi connectivity index (χ0n) is 19.8. The number of thiophene rings is 1. The van der Waals surface area contributed by atoms with Gasteiger partial charge in [0.1, 0.15) is 6.04 Å². The molecule has 1 heterocycles. The zero-order valence-corrected chi connectivity index (χ0v) is 21.4. The van der Waals surface area contributed by atoms with E-state index in [1.165, 1.54) is 7.11 Å². The lowest BCUT2D eigenvalue weighted by Gasteiger charge is -2.32. The van der Waals surface area contributed by atoms with Crippen molar-refractivity contribution in [2.45, 2.75) is 44.3 Å². The van der Waals surface area contributed by atoms with Gasteiger partial charge in [-0.15, -0.1) is 11.3 Å². The molecule has 0 bridgehead atoms. The van der Waals surface area contributed by atoms with E-state index in [4.69, 9.17) is 21.1 Å². The number of methoxy groups -OCH3 is 2. The van der Waals surface area contributed by atoms with Crippen LogP contribution in [0.25, 0.3) is 0 Å². The number of benzene rings is 2. The topological polar surface area (TPSA) is 67.9 Å². The Bertz CT molecular complexity index is 1140. The summed E-state index contributed by atoms with van der Waals surface area (Å²) in [7, 11) is 3.08. The lowest BCUT2D eigenvalue weighted by Crippen LogP contribution is -2.45. The van der Waals surface area contributed by atoms with Crippen LogP contribution in [0, 0.1) is 0 Å². The highest BCUT2D eigenvalue weighted by molar-refractivity contribution is 7.09. The van der Waals surface area contributed by atoms with Gasteiger partial charge in [0, 0.05) is 21.5 Å². The lowest BCUT2D eigenvalue weighted by molar-refractivity contribution is -0.126. The molecule has 1 aliphatic rings. The molecule has 0 aliphatic heterocycles. The van der Waals surface area contributed by atoms with E-state index in [0.29, 0.717) is 27.6 Å². The van der Waals surface area contributed by atoms with E-state index in [1.807, 2.05) is 29.6 Å². The molecule has 0 saturated heterocycles. The minimum atomic E-state index is -0.824. The van der Waals surface area contributed by atoms with Crippen LogP contribution in [0.4, 0.5) is 0 Å². The Labute approximate surface area is 214 Å². The normalized spacial score (nSPS) is 14.4. The van der Waals surface area contributed by atoms with E-state index < -0.39 is 6.04 Å². The van der Waals surface area contributed by atoms with Gasteiger partial charge in [0.15, 0.2) is 11.5 Å². The molecule has 2 aromatic carbocycles. The molecule has 1 aromatic heterocycles. The summed E-state index contributed by atoms with van der Waals surface area (Å²) in [6.45, 7) is 0.288. The molecule has 0 radical (unpaired) electrons. The number of nitrogens with one attached hydrogen (secondary N) is 1. The molecule has 3 aromatic rings. The van der Waals surface area contributed by atoms with Gasteiger partial charge in [0.25, 0.3) is 5.91 Å². The van der Waals surface area contributed by atoms with Crippen LogP contribution in [0.15, 0.2) is 60.0 Å². The fraction of sp³-hybridized carbons (Fsp3) is 0.333. The standard InChI is InChI=1S/C27H29ClN2O4S/c1-33-23-14-11-19(16-24(23)34-2)27(32)30(17-22-8-5-15-35-22)25(18-9-12-20(28)13-10-18)26(31)29-21-6-3-4-7-21/h5,8-16,21,25H,3-4,6-7,17H2,1-2H3,(H,29,31)/t25-/m1/s1. The van der Waals surface area contributed by atoms with Crippen LogP contribution in [0.2, 0.25) is 5.02 Å². The molecular weight excluding hydrogens is 484 g/mol. The summed E-state index contributed by atoms with van der Waals surface area (Å²) in [4.78, 5) is 30.3. The molecule has 1 N–H and O–H groups in total. The molecular formula is C27H29ClN2O4S. The third kappa shape index (κ3) is 5.97. The summed E-state index contributed by atoms with van der Waals surface area (Å²) < 4.78 is 10.8. The fourth-order valence-corrected chi connectivity index (χ4v) is 5.28. The molecule has 35 heavy (non-hydrogen) atoms. The zero-order chi connectivity index (χ0) is 24.8. The number of hydrogen-bond acceptors (Lipinski definition) is 5. The number of halogens is 1. The van der Waals surface area contributed by atoms with E-state index in [2.05, 4.69) is 5.32 Å². The molecule has 0 spiro atoms. The van der Waals surface area contributed by atoms with Crippen molar-refractivity contribution in [1.29, 1.82) is 0 Å². The second-order valence-corrected chi connectivity index (χ2v) is 9.99. The smallest absolute Gasteiger partial charge is 0.255 e. The third-order valence-electron chi connectivity index (χ3n) is 6.24. The van der Waals surface area contributed by atoms with Crippen molar-refractivity contribution in [2.24, 2.45) is 0 Å². The minimum absolute atomic E-state index is 0.122. The Morgan fingerprint density at radius 2 is 1.77 bits per heavy atom. The van der Waals surface area contributed by atoms with Gasteiger partial charge >= 0.3 is 0 Å². The van der Waals surface area contributed by atoms with Crippen LogP contribution >= 0.6 is 22.9 Å². The van der Waals surface area contributed by atoms with Crippen molar-refractivity contribution in [2.75, 3.05) is 14.2 Å². The van der Waals surface area contributed by atoms with Crippen LogP contribution in [-0.2, 0) is 11.3 Å². The van der Waals surface area contributed by atoms with Crippen molar-refractivity contribution >= 4 is 34.8 Å². The molecule has 1 aliphatic carbocycles. The quantitative estimate of drug-likeness (QED) is 0.390. The third-order valence-corrected chi connectivity index (χ3v) is 7.36. The summed E-state index contributed by atoms with van der Waals surface area (Å²) in [5.41, 5.74) is 1.11. The van der Waals surface area contributed by atoms with Gasteiger partial charge in [-0.25, -0.2) is 0 Å². The monoisotopic (exact) mass is 512 g/mol. The molecule has 184 valence electrons. The van der Waals surface area contributed by atoms with Crippen LogP contribution in [0.3, 0.4) is 0 Å². The van der Waals surface area contributed by atoms with Gasteiger partial charge in [0.2, 0.25) is 5.91 Å². The van der Waals surface area contributed by atoms with Crippen LogP contribution in [0.5, 0.6) is 11.5 Å². The molecule has 1 saturated carbocycles. The number of nitrogens with zero attached hydrogens (tertiary/aromatic N) is 1. The van der Waals surface area contributed by atoms with Gasteiger partial charge in [-0.1, -0.05) is 42.6 Å². The van der Waals surface area contributed by atoms with Gasteiger partial charge in [-0.3, -0.25) is 9.59 Å². The average Bonchev–Trinajstić information content (AvgIpc) is 3.58. The first-order valence-electron chi connectivity index (χ1n) is 11.6. The minimum Gasteiger partial charge on any atom is -0.493 e. The largest absolute Gasteiger partial charge is 0.493 e. The number of hydrogen-bond donors (Lipinski definition) is 1. The predicted molar refractivity (Wildman–Crippen MR) is 138 cm³/mol. The highest BCUT2D eigenvalue weighted by Gasteiger charge is 2.34. The van der Waals surface area contributed by atoms with Crippen molar-refractivity contribution < 1.29 is 19.1 Å². The molecule has 1 fully saturated rings. The maximum Gasteiger partial charge on any atom is 0.255 e. The maximum absolute atomic E-state index is 14.0. The summed E-state index contributed by atoms with van der Waals surface area (Å²) in [5, 5.41) is 5.72. The number of amides is 2. The number of carbonyl (C=O) groups is 2. The van der Waals surface area contributed by atoms with Gasteiger partial charge in [0.05, 0.1) is 20.8 Å². The van der Waals surface area contributed by atoms with Crippen LogP contribution in [-0.4, -0.2) is 37.0 Å². The van der Waals surface area contributed by atoms with Crippen LogP contribution in [0.1, 0.15) is 52.5 Å². The Morgan fingerprint density at radius 3 is 2.40 bits per heavy atom. The molecule has 1 atom stereocenters. The summed E-state index contributed by atoms with van der Waals surface area (Å²) >= 11 is 7.69. The average molecular weight is 513 g/mol. The Morgan fingerprint density at radius 1 is 1.06 bits per heavy atom. The Kier molecular flexibility index (Phi) is 8.31. The van der Waals surface area contributed by atoms with Crippen molar-refractivity contribution in [3.8, 4) is 11.5 Å². The van der Waals surface area contributed by atoms with E-state index >= 15 is 0 Å². The summed E-state index contributed by atoms with van der Waals surface area (Å²) in [6.07, 6.45) is 4.10. The summed E-state index contributed by atoms with van der Waals surface area (Å²) in [6, 6.07) is 15.4. The van der Waals surface area contributed by atoms with Gasteiger partial charge in [-0.2, -0.15) is 0 Å². The van der Waals surface area contributed by atoms with Crippen molar-refractivity contribution in [3.63, 3.8) is 0 Å². The van der Waals surface area contributed by atoms with Crippen LogP contribution < -0.4 is 14.8 Å². The lowest BCUT2D eigenvalue weighted by atomic mass is 10.0. The molecule has 8 heteroatoms. The van der Waals surface area contributed by atoms with Gasteiger partial charge < -0.3 is 19.7 Å². The first kappa shape index (κ1) is 25.1. The highest BCUT2D eigenvalue weighted by atomic mass is 35.5. The summed E-state index contributed by atoms with van der Waals surface area (Å²) in [5.74, 6) is 0.514. The predicted octanol–water partition coefficient (Wildman–Crippen LogP) is 5.86.